The summed E-state index contributed by atoms with van der Waals surface area (Å²) >= 11 is 10.5. The molecule has 0 aliphatic carbocycles. The second-order valence-electron chi connectivity index (χ2n) is 3.92. The average Bonchev–Trinajstić information content (AvgIpc) is 2.40. The first-order chi connectivity index (χ1) is 9.02. The number of hydrogen-bond acceptors (Lipinski definition) is 1. The topological polar surface area (TPSA) is 9.23 Å². The molecular weight excluding hydrogens is 443 g/mol. The Kier molecular flexibility index (Phi) is 5.03. The van der Waals surface area contributed by atoms with E-state index in [1.807, 2.05) is 24.3 Å². The van der Waals surface area contributed by atoms with E-state index in [1.165, 1.54) is 13.2 Å². The van der Waals surface area contributed by atoms with Crippen molar-refractivity contribution in [2.45, 2.75) is 4.83 Å². The van der Waals surface area contributed by atoms with Crippen LogP contribution in [-0.4, -0.2) is 7.11 Å². The van der Waals surface area contributed by atoms with Crippen LogP contribution in [0.15, 0.2) is 45.3 Å². The molecule has 0 saturated carbocycles. The predicted molar refractivity (Wildman–Crippen MR) is 85.6 cm³/mol. The highest BCUT2D eigenvalue weighted by molar-refractivity contribution is 9.11. The lowest BCUT2D eigenvalue weighted by Crippen LogP contribution is -1.96. The molecule has 0 radical (unpaired) electrons. The highest BCUT2D eigenvalue weighted by atomic mass is 79.9. The molecule has 0 aromatic heterocycles. The first kappa shape index (κ1) is 15.0. The number of benzene rings is 2. The van der Waals surface area contributed by atoms with Gasteiger partial charge in [0.1, 0.15) is 0 Å². The van der Waals surface area contributed by atoms with Crippen LogP contribution >= 0.6 is 47.8 Å². The van der Waals surface area contributed by atoms with Gasteiger partial charge < -0.3 is 4.74 Å². The molecule has 1 nitrogen and oxygen atoms in total. The molecule has 2 aromatic rings. The largest absolute Gasteiger partial charge is 0.494 e. The standard InChI is InChI=1S/C14H10Br3FO/c1-19-13-5-2-8(6-12(13)18)14(17)10-7-9(15)3-4-11(10)16/h2-7,14H,1H3. The van der Waals surface area contributed by atoms with E-state index in [4.69, 9.17) is 4.74 Å². The second-order valence-corrected chi connectivity index (χ2v) is 6.61. The number of alkyl halides is 1. The molecule has 2 rings (SSSR count). The first-order valence-electron chi connectivity index (χ1n) is 5.45. The van der Waals surface area contributed by atoms with Crippen molar-refractivity contribution in [2.24, 2.45) is 0 Å². The van der Waals surface area contributed by atoms with Crippen molar-refractivity contribution in [1.82, 2.24) is 0 Å². The molecule has 0 amide bonds. The molecule has 0 spiro atoms. The Labute approximate surface area is 136 Å². The van der Waals surface area contributed by atoms with Crippen LogP contribution in [0.1, 0.15) is 16.0 Å². The van der Waals surface area contributed by atoms with Gasteiger partial charge in [-0.1, -0.05) is 53.9 Å². The number of rotatable bonds is 3. The van der Waals surface area contributed by atoms with E-state index in [0.29, 0.717) is 0 Å². The smallest absolute Gasteiger partial charge is 0.165 e. The molecule has 1 atom stereocenters. The van der Waals surface area contributed by atoms with E-state index in [9.17, 15) is 4.39 Å². The summed E-state index contributed by atoms with van der Waals surface area (Å²) < 4.78 is 20.6. The minimum atomic E-state index is -0.365. The van der Waals surface area contributed by atoms with Gasteiger partial charge in [-0.15, -0.1) is 0 Å². The van der Waals surface area contributed by atoms with E-state index in [-0.39, 0.29) is 16.4 Å². The van der Waals surface area contributed by atoms with Crippen molar-refractivity contribution in [2.75, 3.05) is 7.11 Å². The zero-order valence-electron chi connectivity index (χ0n) is 9.96. The van der Waals surface area contributed by atoms with E-state index in [1.54, 1.807) is 6.07 Å². The Balaban J connectivity index is 2.41. The van der Waals surface area contributed by atoms with Gasteiger partial charge in [0, 0.05) is 8.95 Å². The van der Waals surface area contributed by atoms with Crippen LogP contribution in [0.3, 0.4) is 0 Å². The number of halogens is 4. The zero-order valence-corrected chi connectivity index (χ0v) is 14.7. The molecule has 100 valence electrons. The molecule has 2 aromatic carbocycles. The van der Waals surface area contributed by atoms with Crippen LogP contribution in [-0.2, 0) is 0 Å². The van der Waals surface area contributed by atoms with Crippen molar-refractivity contribution < 1.29 is 9.13 Å². The fourth-order valence-corrected chi connectivity index (χ4v) is 3.55. The fraction of sp³-hybridized carbons (Fsp3) is 0.143. The number of methoxy groups -OCH3 is 1. The maximum Gasteiger partial charge on any atom is 0.165 e. The maximum absolute atomic E-state index is 13.7. The first-order valence-corrected chi connectivity index (χ1v) is 7.95. The van der Waals surface area contributed by atoms with Gasteiger partial charge in [-0.05, 0) is 41.5 Å². The summed E-state index contributed by atoms with van der Waals surface area (Å²) in [5.41, 5.74) is 1.86. The van der Waals surface area contributed by atoms with Crippen LogP contribution in [0.25, 0.3) is 0 Å². The Hall–Kier alpha value is -0.390. The average molecular weight is 453 g/mol. The van der Waals surface area contributed by atoms with E-state index < -0.39 is 0 Å². The Bertz CT molecular complexity index is 601. The molecule has 0 heterocycles. The van der Waals surface area contributed by atoms with Crippen LogP contribution < -0.4 is 4.74 Å². The summed E-state index contributed by atoms with van der Waals surface area (Å²) in [4.78, 5) is -0.0974. The lowest BCUT2D eigenvalue weighted by atomic mass is 10.0. The number of hydrogen-bond donors (Lipinski definition) is 0. The van der Waals surface area contributed by atoms with Gasteiger partial charge in [-0.2, -0.15) is 0 Å². The zero-order chi connectivity index (χ0) is 14.0. The highest BCUT2D eigenvalue weighted by Gasteiger charge is 2.16. The molecule has 0 aliphatic rings. The van der Waals surface area contributed by atoms with Crippen molar-refractivity contribution in [3.8, 4) is 5.75 Å². The van der Waals surface area contributed by atoms with Gasteiger partial charge in [0.05, 0.1) is 11.9 Å². The Morgan fingerprint density at radius 2 is 1.84 bits per heavy atom. The molecule has 0 N–H and O–H groups in total. The highest BCUT2D eigenvalue weighted by Crippen LogP contribution is 2.37. The van der Waals surface area contributed by atoms with Crippen molar-refractivity contribution in [1.29, 1.82) is 0 Å². The third-order valence-corrected chi connectivity index (χ3v) is 4.94. The van der Waals surface area contributed by atoms with Gasteiger partial charge in [0.2, 0.25) is 0 Å². The van der Waals surface area contributed by atoms with Gasteiger partial charge in [0.25, 0.3) is 0 Å². The van der Waals surface area contributed by atoms with Crippen LogP contribution in [0.5, 0.6) is 5.75 Å². The monoisotopic (exact) mass is 450 g/mol. The minimum absolute atomic E-state index is 0.0974. The molecule has 0 bridgehead atoms. The normalized spacial score (nSPS) is 12.3. The molecular formula is C14H10Br3FO. The lowest BCUT2D eigenvalue weighted by Gasteiger charge is -2.14. The third kappa shape index (κ3) is 3.38. The van der Waals surface area contributed by atoms with Gasteiger partial charge in [-0.25, -0.2) is 4.39 Å². The van der Waals surface area contributed by atoms with E-state index in [0.717, 1.165) is 20.1 Å². The quantitative estimate of drug-likeness (QED) is 0.531. The van der Waals surface area contributed by atoms with Crippen molar-refractivity contribution in [3.05, 3.63) is 62.3 Å². The fourth-order valence-electron chi connectivity index (χ4n) is 1.73. The molecule has 5 heteroatoms. The third-order valence-electron chi connectivity index (χ3n) is 2.70. The van der Waals surface area contributed by atoms with E-state index >= 15 is 0 Å². The summed E-state index contributed by atoms with van der Waals surface area (Å²) in [7, 11) is 1.45. The predicted octanol–water partition coefficient (Wildman–Crippen LogP) is 5.84. The maximum atomic E-state index is 13.7. The molecule has 0 saturated heterocycles. The van der Waals surface area contributed by atoms with E-state index in [2.05, 4.69) is 47.8 Å². The SMILES string of the molecule is COc1ccc(C(Br)c2cc(Br)ccc2Br)cc1F. The van der Waals surface area contributed by atoms with Gasteiger partial charge in [-0.3, -0.25) is 0 Å². The number of ether oxygens (including phenoxy) is 1. The van der Waals surface area contributed by atoms with Gasteiger partial charge in [0.15, 0.2) is 11.6 Å². The lowest BCUT2D eigenvalue weighted by molar-refractivity contribution is 0.386. The van der Waals surface area contributed by atoms with Crippen LogP contribution in [0, 0.1) is 5.82 Å². The molecule has 0 aliphatic heterocycles. The molecule has 0 fully saturated rings. The molecule has 19 heavy (non-hydrogen) atoms. The summed E-state index contributed by atoms with van der Waals surface area (Å²) in [6.07, 6.45) is 0. The summed E-state index contributed by atoms with van der Waals surface area (Å²) in [5, 5.41) is 0. The Morgan fingerprint density at radius 1 is 1.11 bits per heavy atom. The second kappa shape index (κ2) is 6.37. The van der Waals surface area contributed by atoms with Gasteiger partial charge >= 0.3 is 0 Å². The van der Waals surface area contributed by atoms with Crippen molar-refractivity contribution in [3.63, 3.8) is 0 Å². The van der Waals surface area contributed by atoms with Crippen molar-refractivity contribution >= 4 is 47.8 Å². The minimum Gasteiger partial charge on any atom is -0.494 e. The Morgan fingerprint density at radius 3 is 2.47 bits per heavy atom. The summed E-state index contributed by atoms with van der Waals surface area (Å²) in [6.45, 7) is 0. The van der Waals surface area contributed by atoms with Crippen LogP contribution in [0.2, 0.25) is 0 Å². The summed E-state index contributed by atoms with van der Waals surface area (Å²) in [6, 6.07) is 10.8. The summed E-state index contributed by atoms with van der Waals surface area (Å²) in [5.74, 6) is -0.118. The molecule has 1 unspecified atom stereocenters. The van der Waals surface area contributed by atoms with Crippen LogP contribution in [0.4, 0.5) is 4.39 Å².